The molecule has 0 fully saturated rings. The zero-order valence-corrected chi connectivity index (χ0v) is 16.1. The van der Waals surface area contributed by atoms with Crippen LogP contribution in [0, 0.1) is 0 Å². The molecule has 1 atom stereocenters. The first-order valence-corrected chi connectivity index (χ1v) is 9.54. The van der Waals surface area contributed by atoms with E-state index in [0.29, 0.717) is 23.2 Å². The van der Waals surface area contributed by atoms with Gasteiger partial charge in [-0.3, -0.25) is 14.4 Å². The van der Waals surface area contributed by atoms with Crippen molar-refractivity contribution in [2.45, 2.75) is 31.3 Å². The smallest absolute Gasteiger partial charge is 0.313 e. The summed E-state index contributed by atoms with van der Waals surface area (Å²) in [6.07, 6.45) is 0.0373. The summed E-state index contributed by atoms with van der Waals surface area (Å²) >= 11 is 1.25. The number of carbonyl (C=O) groups excluding carboxylic acids is 3. The fourth-order valence-electron chi connectivity index (χ4n) is 2.77. The topological polar surface area (TPSA) is 103 Å². The second-order valence-corrected chi connectivity index (χ2v) is 7.11. The van der Waals surface area contributed by atoms with Crippen molar-refractivity contribution in [1.82, 2.24) is 14.8 Å². The second-order valence-electron chi connectivity index (χ2n) is 6.16. The summed E-state index contributed by atoms with van der Waals surface area (Å²) in [5.74, 6) is -0.0821. The monoisotopic (exact) mass is 388 g/mol. The molecule has 1 aliphatic heterocycles. The molecule has 0 spiro atoms. The Bertz CT molecular complexity index is 909. The summed E-state index contributed by atoms with van der Waals surface area (Å²) in [4.78, 5) is 35.8. The van der Waals surface area contributed by atoms with Gasteiger partial charge in [-0.25, -0.2) is 0 Å². The summed E-state index contributed by atoms with van der Waals surface area (Å²) in [7, 11) is 1.75. The van der Waals surface area contributed by atoms with Crippen molar-refractivity contribution < 1.29 is 19.1 Å². The van der Waals surface area contributed by atoms with E-state index in [-0.39, 0.29) is 35.8 Å². The molecule has 9 heteroatoms. The lowest BCUT2D eigenvalue weighted by Gasteiger charge is -2.06. The molecular weight excluding hydrogens is 368 g/mol. The van der Waals surface area contributed by atoms with Crippen molar-refractivity contribution in [1.29, 1.82) is 0 Å². The van der Waals surface area contributed by atoms with Crippen LogP contribution in [0.2, 0.25) is 0 Å². The molecule has 142 valence electrons. The lowest BCUT2D eigenvalue weighted by Crippen LogP contribution is -2.11. The Morgan fingerprint density at radius 1 is 1.33 bits per heavy atom. The Labute approximate surface area is 160 Å². The molecular formula is C18H20N4O4S. The number of esters is 1. The van der Waals surface area contributed by atoms with Gasteiger partial charge in [-0.1, -0.05) is 11.8 Å². The third-order valence-electron chi connectivity index (χ3n) is 4.36. The van der Waals surface area contributed by atoms with Gasteiger partial charge in [0.2, 0.25) is 5.91 Å². The molecule has 0 bridgehead atoms. The molecule has 0 aliphatic carbocycles. The van der Waals surface area contributed by atoms with E-state index in [9.17, 15) is 14.4 Å². The first-order chi connectivity index (χ1) is 12.9. The lowest BCUT2D eigenvalue weighted by molar-refractivity contribution is -0.142. The largest absolute Gasteiger partial charge is 0.466 e. The number of anilines is 1. The average Bonchev–Trinajstić information content (AvgIpc) is 3.13. The van der Waals surface area contributed by atoms with Gasteiger partial charge >= 0.3 is 5.97 Å². The van der Waals surface area contributed by atoms with Gasteiger partial charge in [-0.05, 0) is 37.6 Å². The van der Waals surface area contributed by atoms with Crippen LogP contribution < -0.4 is 5.32 Å². The summed E-state index contributed by atoms with van der Waals surface area (Å²) in [5.41, 5.74) is 2.15. The highest BCUT2D eigenvalue weighted by Crippen LogP contribution is 2.33. The van der Waals surface area contributed by atoms with E-state index in [2.05, 4.69) is 15.5 Å². The number of nitrogens with one attached hydrogen (secondary N) is 1. The Kier molecular flexibility index (Phi) is 5.59. The molecule has 2 heterocycles. The average molecular weight is 388 g/mol. The number of hydrogen-bond acceptors (Lipinski definition) is 7. The molecule has 1 amide bonds. The molecule has 0 radical (unpaired) electrons. The van der Waals surface area contributed by atoms with E-state index in [1.165, 1.54) is 11.8 Å². The fraction of sp³-hybridized carbons (Fsp3) is 0.389. The second kappa shape index (κ2) is 7.91. The van der Waals surface area contributed by atoms with Gasteiger partial charge in [0.05, 0.1) is 18.3 Å². The number of aromatic nitrogens is 3. The summed E-state index contributed by atoms with van der Waals surface area (Å²) in [6, 6.07) is 5.24. The van der Waals surface area contributed by atoms with E-state index in [4.69, 9.17) is 4.74 Å². The van der Waals surface area contributed by atoms with Crippen LogP contribution in [-0.4, -0.2) is 44.8 Å². The molecule has 0 saturated heterocycles. The number of nitrogens with zero attached hydrogens (tertiary/aromatic N) is 3. The molecule has 2 aromatic rings. The molecule has 27 heavy (non-hydrogen) atoms. The first-order valence-electron chi connectivity index (χ1n) is 8.55. The van der Waals surface area contributed by atoms with E-state index in [1.54, 1.807) is 36.7 Å². The van der Waals surface area contributed by atoms with E-state index >= 15 is 0 Å². The molecule has 0 unspecified atom stereocenters. The van der Waals surface area contributed by atoms with Gasteiger partial charge in [0.25, 0.3) is 0 Å². The van der Waals surface area contributed by atoms with E-state index < -0.39 is 0 Å². The van der Waals surface area contributed by atoms with E-state index in [1.807, 2.05) is 6.92 Å². The highest BCUT2D eigenvalue weighted by atomic mass is 32.2. The number of Topliss-reactive ketones (excluding diaryl/α,β-unsaturated/α-hetero) is 1. The van der Waals surface area contributed by atoms with Crippen molar-refractivity contribution in [2.75, 3.05) is 17.7 Å². The van der Waals surface area contributed by atoms with E-state index in [0.717, 1.165) is 11.3 Å². The van der Waals surface area contributed by atoms with Gasteiger partial charge in [0, 0.05) is 18.3 Å². The maximum absolute atomic E-state index is 12.5. The zero-order chi connectivity index (χ0) is 19.6. The van der Waals surface area contributed by atoms with Crippen molar-refractivity contribution >= 4 is 35.1 Å². The summed E-state index contributed by atoms with van der Waals surface area (Å²) in [6.45, 7) is 3.87. The molecule has 8 nitrogen and oxygen atoms in total. The molecule has 1 aliphatic rings. The SMILES string of the molecule is CCOC(=O)Cc1nnc(SCC(=O)c2ccc3c(c2)[C@@H](C)C(=O)N3)n1C. The molecule has 1 N–H and O–H groups in total. The van der Waals surface area contributed by atoms with Crippen LogP contribution in [-0.2, 0) is 27.8 Å². The summed E-state index contributed by atoms with van der Waals surface area (Å²) in [5, 5.41) is 11.4. The van der Waals surface area contributed by atoms with Crippen molar-refractivity contribution in [3.63, 3.8) is 0 Å². The molecule has 1 aromatic carbocycles. The standard InChI is InChI=1S/C18H20N4O4S/c1-4-26-16(24)8-15-20-21-18(22(15)3)27-9-14(23)11-5-6-13-12(7-11)10(2)17(25)19-13/h5-7,10H,4,8-9H2,1-3H3,(H,19,25)/t10-/m1/s1. The number of hydrogen-bond donors (Lipinski definition) is 1. The van der Waals surface area contributed by atoms with Gasteiger partial charge in [0.15, 0.2) is 10.9 Å². The number of benzene rings is 1. The molecule has 0 saturated carbocycles. The number of carbonyl (C=O) groups is 3. The number of fused-ring (bicyclic) bond motifs is 1. The quantitative estimate of drug-likeness (QED) is 0.439. The first kappa shape index (κ1) is 19.1. The maximum atomic E-state index is 12.5. The van der Waals surface area contributed by atoms with Crippen molar-refractivity contribution in [2.24, 2.45) is 7.05 Å². The van der Waals surface area contributed by atoms with Crippen LogP contribution >= 0.6 is 11.8 Å². The minimum Gasteiger partial charge on any atom is -0.466 e. The highest BCUT2D eigenvalue weighted by molar-refractivity contribution is 7.99. The maximum Gasteiger partial charge on any atom is 0.313 e. The predicted molar refractivity (Wildman–Crippen MR) is 99.9 cm³/mol. The predicted octanol–water partition coefficient (Wildman–Crippen LogP) is 1.95. The van der Waals surface area contributed by atoms with Gasteiger partial charge in [-0.15, -0.1) is 10.2 Å². The van der Waals surface area contributed by atoms with Crippen LogP contribution in [0.5, 0.6) is 0 Å². The summed E-state index contributed by atoms with van der Waals surface area (Å²) < 4.78 is 6.59. The Balaban J connectivity index is 1.64. The minimum atomic E-state index is -0.365. The zero-order valence-electron chi connectivity index (χ0n) is 15.3. The Morgan fingerprint density at radius 2 is 2.11 bits per heavy atom. The van der Waals surface area contributed by atoms with Crippen LogP contribution in [0.1, 0.15) is 41.5 Å². The number of ether oxygens (including phenoxy) is 1. The lowest BCUT2D eigenvalue weighted by atomic mass is 9.99. The number of amides is 1. The van der Waals surface area contributed by atoms with Gasteiger partial charge < -0.3 is 14.6 Å². The highest BCUT2D eigenvalue weighted by Gasteiger charge is 2.27. The van der Waals surface area contributed by atoms with Gasteiger partial charge in [0.1, 0.15) is 12.2 Å². The molecule has 1 aromatic heterocycles. The van der Waals surface area contributed by atoms with Crippen LogP contribution in [0.15, 0.2) is 23.4 Å². The fourth-order valence-corrected chi connectivity index (χ4v) is 3.59. The molecule has 3 rings (SSSR count). The normalized spacial score (nSPS) is 15.4. The number of thioether (sulfide) groups is 1. The minimum absolute atomic E-state index is 0.0373. The van der Waals surface area contributed by atoms with Gasteiger partial charge in [-0.2, -0.15) is 0 Å². The number of ketones is 1. The Hall–Kier alpha value is -2.68. The Morgan fingerprint density at radius 3 is 2.85 bits per heavy atom. The van der Waals surface area contributed by atoms with Crippen LogP contribution in [0.25, 0.3) is 0 Å². The van der Waals surface area contributed by atoms with Crippen molar-refractivity contribution in [3.8, 4) is 0 Å². The van der Waals surface area contributed by atoms with Crippen LogP contribution in [0.3, 0.4) is 0 Å². The number of rotatable bonds is 7. The van der Waals surface area contributed by atoms with Crippen LogP contribution in [0.4, 0.5) is 5.69 Å². The third kappa shape index (κ3) is 4.02. The van der Waals surface area contributed by atoms with Crippen molar-refractivity contribution in [3.05, 3.63) is 35.2 Å². The third-order valence-corrected chi connectivity index (χ3v) is 5.38.